The summed E-state index contributed by atoms with van der Waals surface area (Å²) in [4.78, 5) is 8.30. The summed E-state index contributed by atoms with van der Waals surface area (Å²) >= 11 is 5.73. The third-order valence-corrected chi connectivity index (χ3v) is 4.07. The summed E-state index contributed by atoms with van der Waals surface area (Å²) in [7, 11) is 1.41. The van der Waals surface area contributed by atoms with Gasteiger partial charge in [0, 0.05) is 18.0 Å². The van der Waals surface area contributed by atoms with Crippen molar-refractivity contribution in [3.8, 4) is 10.6 Å². The Morgan fingerprint density at radius 2 is 2.31 bits per heavy atom. The minimum atomic E-state index is 0.990. The van der Waals surface area contributed by atoms with Gasteiger partial charge in [0.2, 0.25) is 0 Å². The molecule has 0 amide bonds. The van der Waals surface area contributed by atoms with Crippen LogP contribution < -0.4 is 0 Å². The van der Waals surface area contributed by atoms with Gasteiger partial charge in [-0.25, -0.2) is 4.98 Å². The van der Waals surface area contributed by atoms with E-state index in [2.05, 4.69) is 21.6 Å². The largest absolute Gasteiger partial charge is 0.264 e. The van der Waals surface area contributed by atoms with Crippen LogP contribution in [0.3, 0.4) is 0 Å². The fourth-order valence-electron chi connectivity index (χ4n) is 0.924. The van der Waals surface area contributed by atoms with Gasteiger partial charge in [-0.05, 0) is 22.9 Å². The normalized spacial score (nSPS) is 10.2. The molecule has 2 aromatic heterocycles. The summed E-state index contributed by atoms with van der Waals surface area (Å²) < 4.78 is 1.10. The quantitative estimate of drug-likeness (QED) is 0.629. The summed E-state index contributed by atoms with van der Waals surface area (Å²) in [5, 5.41) is 0.990. The van der Waals surface area contributed by atoms with E-state index in [4.69, 9.17) is 0 Å². The topological polar surface area (TPSA) is 25.8 Å². The minimum absolute atomic E-state index is 0.990. The van der Waals surface area contributed by atoms with E-state index < -0.39 is 0 Å². The van der Waals surface area contributed by atoms with Crippen molar-refractivity contribution >= 4 is 33.8 Å². The highest BCUT2D eigenvalue weighted by Crippen LogP contribution is 2.32. The Balaban J connectivity index is 2.36. The number of hydrogen-bond donors (Lipinski definition) is 1. The monoisotopic (exact) mass is 226 g/mol. The molecular weight excluding hydrogens is 220 g/mol. The average molecular weight is 226 g/mol. The fourth-order valence-corrected chi connectivity index (χ4v) is 2.53. The van der Waals surface area contributed by atoms with Crippen molar-refractivity contribution in [1.82, 2.24) is 9.97 Å². The molecule has 0 aliphatic carbocycles. The van der Waals surface area contributed by atoms with Gasteiger partial charge in [0.15, 0.2) is 0 Å². The van der Waals surface area contributed by atoms with Crippen LogP contribution in [0.15, 0.2) is 34.9 Å². The number of nitrogens with zero attached hydrogens (tertiary/aromatic N) is 2. The molecule has 0 spiro atoms. The lowest BCUT2D eigenvalue weighted by molar-refractivity contribution is 1.31. The lowest BCUT2D eigenvalue weighted by Crippen LogP contribution is -1.75. The Bertz CT molecular complexity index is 385. The molecule has 0 radical (unpaired) electrons. The highest BCUT2D eigenvalue weighted by Gasteiger charge is 2.03. The molecule has 2 heterocycles. The predicted molar refractivity (Wildman–Crippen MR) is 60.2 cm³/mol. The van der Waals surface area contributed by atoms with Gasteiger partial charge in [-0.1, -0.05) is 0 Å². The molecule has 5 heteroatoms. The molecule has 2 nitrogen and oxygen atoms in total. The molecule has 0 fully saturated rings. The standard InChI is InChI=1S/C8H6N2S3/c11-13-7-5-10-8(12-7)6-2-1-3-9-4-6/h1-5,11H. The maximum atomic E-state index is 4.27. The van der Waals surface area contributed by atoms with Crippen molar-refractivity contribution in [2.24, 2.45) is 0 Å². The van der Waals surface area contributed by atoms with E-state index in [0.717, 1.165) is 14.8 Å². The van der Waals surface area contributed by atoms with E-state index in [-0.39, 0.29) is 0 Å². The Hall–Kier alpha value is -0.520. The first-order valence-corrected chi connectivity index (χ1v) is 6.26. The highest BCUT2D eigenvalue weighted by molar-refractivity contribution is 8.69. The van der Waals surface area contributed by atoms with Crippen LogP contribution in [0.25, 0.3) is 10.6 Å². The Labute approximate surface area is 89.2 Å². The number of thiazole rings is 1. The molecule has 0 N–H and O–H groups in total. The first-order chi connectivity index (χ1) is 6.40. The molecule has 0 saturated carbocycles. The molecule has 0 saturated heterocycles. The summed E-state index contributed by atoms with van der Waals surface area (Å²) in [6.07, 6.45) is 5.39. The van der Waals surface area contributed by atoms with E-state index in [9.17, 15) is 0 Å². The lowest BCUT2D eigenvalue weighted by Gasteiger charge is -1.91. The van der Waals surface area contributed by atoms with Crippen molar-refractivity contribution in [1.29, 1.82) is 0 Å². The lowest BCUT2D eigenvalue weighted by atomic mass is 10.3. The van der Waals surface area contributed by atoms with Crippen LogP contribution in [0.1, 0.15) is 0 Å². The van der Waals surface area contributed by atoms with Crippen molar-refractivity contribution < 1.29 is 0 Å². The van der Waals surface area contributed by atoms with Gasteiger partial charge >= 0.3 is 0 Å². The maximum absolute atomic E-state index is 4.27. The van der Waals surface area contributed by atoms with Gasteiger partial charge in [0.05, 0.1) is 10.4 Å². The van der Waals surface area contributed by atoms with Gasteiger partial charge in [-0.3, -0.25) is 4.98 Å². The second-order valence-corrected chi connectivity index (χ2v) is 4.78. The van der Waals surface area contributed by atoms with Crippen LogP contribution in [0.5, 0.6) is 0 Å². The number of hydrogen-bond acceptors (Lipinski definition) is 5. The minimum Gasteiger partial charge on any atom is -0.264 e. The molecule has 2 aromatic rings. The van der Waals surface area contributed by atoms with Crippen molar-refractivity contribution in [3.63, 3.8) is 0 Å². The SMILES string of the molecule is SSc1cnc(-c2cccnc2)s1. The molecule has 0 aliphatic heterocycles. The van der Waals surface area contributed by atoms with Crippen LogP contribution in [0.2, 0.25) is 0 Å². The van der Waals surface area contributed by atoms with Gasteiger partial charge in [0.25, 0.3) is 0 Å². The molecule has 0 bridgehead atoms. The van der Waals surface area contributed by atoms with Crippen LogP contribution >= 0.6 is 33.8 Å². The zero-order valence-corrected chi connectivity index (χ0v) is 9.07. The molecule has 0 atom stereocenters. The highest BCUT2D eigenvalue weighted by atomic mass is 33.1. The molecule has 0 aliphatic rings. The molecule has 66 valence electrons. The molecular formula is C8H6N2S3. The summed E-state index contributed by atoms with van der Waals surface area (Å²) in [6, 6.07) is 3.91. The van der Waals surface area contributed by atoms with Gasteiger partial charge < -0.3 is 0 Å². The van der Waals surface area contributed by atoms with Crippen LogP contribution in [-0.4, -0.2) is 9.97 Å². The second-order valence-electron chi connectivity index (χ2n) is 2.32. The van der Waals surface area contributed by atoms with Gasteiger partial charge in [-0.15, -0.1) is 23.0 Å². The number of thiol groups is 1. The summed E-state index contributed by atoms with van der Waals surface area (Å²) in [6.45, 7) is 0. The van der Waals surface area contributed by atoms with Crippen LogP contribution in [-0.2, 0) is 0 Å². The number of rotatable bonds is 2. The average Bonchev–Trinajstić information content (AvgIpc) is 2.67. The van der Waals surface area contributed by atoms with Crippen molar-refractivity contribution in [2.75, 3.05) is 0 Å². The van der Waals surface area contributed by atoms with Crippen LogP contribution in [0, 0.1) is 0 Å². The summed E-state index contributed by atoms with van der Waals surface area (Å²) in [5.41, 5.74) is 1.06. The van der Waals surface area contributed by atoms with E-state index in [1.54, 1.807) is 17.5 Å². The van der Waals surface area contributed by atoms with Gasteiger partial charge in [0.1, 0.15) is 5.01 Å². The van der Waals surface area contributed by atoms with Crippen LogP contribution in [0.4, 0.5) is 0 Å². The summed E-state index contributed by atoms with van der Waals surface area (Å²) in [5.74, 6) is 0. The number of pyridine rings is 1. The fraction of sp³-hybridized carbons (Fsp3) is 0. The number of aromatic nitrogens is 2. The van der Waals surface area contributed by atoms with E-state index in [1.807, 2.05) is 24.5 Å². The molecule has 13 heavy (non-hydrogen) atoms. The Morgan fingerprint density at radius 3 is 2.92 bits per heavy atom. The van der Waals surface area contributed by atoms with E-state index >= 15 is 0 Å². The van der Waals surface area contributed by atoms with Crippen molar-refractivity contribution in [3.05, 3.63) is 30.7 Å². The molecule has 0 unspecified atom stereocenters. The first kappa shape index (κ1) is 9.05. The second kappa shape index (κ2) is 4.13. The Kier molecular flexibility index (Phi) is 2.87. The predicted octanol–water partition coefficient (Wildman–Crippen LogP) is 3.14. The third-order valence-electron chi connectivity index (χ3n) is 1.48. The van der Waals surface area contributed by atoms with Crippen molar-refractivity contribution in [2.45, 2.75) is 4.21 Å². The third kappa shape index (κ3) is 2.04. The molecule has 0 aromatic carbocycles. The zero-order chi connectivity index (χ0) is 9.10. The van der Waals surface area contributed by atoms with E-state index in [1.165, 1.54) is 10.8 Å². The van der Waals surface area contributed by atoms with E-state index in [0.29, 0.717) is 0 Å². The smallest absolute Gasteiger partial charge is 0.125 e. The molecule has 2 rings (SSSR count). The first-order valence-electron chi connectivity index (χ1n) is 3.58. The zero-order valence-electron chi connectivity index (χ0n) is 6.54. The van der Waals surface area contributed by atoms with Gasteiger partial charge in [-0.2, -0.15) is 0 Å². The maximum Gasteiger partial charge on any atom is 0.125 e. The Morgan fingerprint density at radius 1 is 1.38 bits per heavy atom.